The van der Waals surface area contributed by atoms with Crippen LogP contribution >= 0.6 is 0 Å². The Balaban J connectivity index is 1.91. The highest BCUT2D eigenvalue weighted by atomic mass is 16.5. The fourth-order valence-corrected chi connectivity index (χ4v) is 5.19. The van der Waals surface area contributed by atoms with Gasteiger partial charge in [0.25, 0.3) is 0 Å². The summed E-state index contributed by atoms with van der Waals surface area (Å²) < 4.78 is 12.6. The van der Waals surface area contributed by atoms with Crippen molar-refractivity contribution in [2.75, 3.05) is 14.2 Å². The van der Waals surface area contributed by atoms with Gasteiger partial charge in [-0.25, -0.2) is 9.59 Å². The fraction of sp³-hybridized carbons (Fsp3) is 0.103. The Morgan fingerprint density at radius 3 is 2.06 bits per heavy atom. The zero-order chi connectivity index (χ0) is 24.1. The summed E-state index contributed by atoms with van der Waals surface area (Å²) >= 11 is 0. The van der Waals surface area contributed by atoms with Crippen LogP contribution in [0.25, 0.3) is 43.6 Å². The van der Waals surface area contributed by atoms with Gasteiger partial charge in [0, 0.05) is 39.1 Å². The maximum Gasteiger partial charge on any atom is 0.339 e. The van der Waals surface area contributed by atoms with Gasteiger partial charge in [-0.15, -0.1) is 0 Å². The molecule has 6 heteroatoms. The Bertz CT molecular complexity index is 1780. The summed E-state index contributed by atoms with van der Waals surface area (Å²) in [6, 6.07) is 25.8. The van der Waals surface area contributed by atoms with E-state index in [2.05, 4.69) is 21.7 Å². The van der Waals surface area contributed by atoms with Crippen molar-refractivity contribution in [2.45, 2.75) is 6.54 Å². The van der Waals surface area contributed by atoms with Crippen molar-refractivity contribution in [3.05, 3.63) is 95.6 Å². The number of methoxy groups -OCH3 is 2. The van der Waals surface area contributed by atoms with Crippen molar-refractivity contribution in [1.29, 1.82) is 0 Å². The minimum Gasteiger partial charge on any atom is -0.465 e. The average Bonchev–Trinajstić information content (AvgIpc) is 3.44. The van der Waals surface area contributed by atoms with Crippen LogP contribution in [-0.2, 0) is 16.0 Å². The van der Waals surface area contributed by atoms with Gasteiger partial charge in [-0.3, -0.25) is 0 Å². The molecule has 4 aromatic carbocycles. The lowest BCUT2D eigenvalue weighted by atomic mass is 9.95. The highest BCUT2D eigenvalue weighted by molar-refractivity contribution is 6.33. The third-order valence-electron chi connectivity index (χ3n) is 6.63. The van der Waals surface area contributed by atoms with Crippen LogP contribution in [0.15, 0.2) is 78.9 Å². The van der Waals surface area contributed by atoms with Crippen molar-refractivity contribution in [2.24, 2.45) is 0 Å². The lowest BCUT2D eigenvalue weighted by molar-refractivity contribution is 0.0559. The number of para-hydroxylation sites is 2. The quantitative estimate of drug-likeness (QED) is 0.324. The van der Waals surface area contributed by atoms with Crippen molar-refractivity contribution < 1.29 is 19.1 Å². The van der Waals surface area contributed by atoms with Gasteiger partial charge >= 0.3 is 11.9 Å². The second-order valence-corrected chi connectivity index (χ2v) is 8.47. The summed E-state index contributed by atoms with van der Waals surface area (Å²) in [6.45, 7) is 0.591. The van der Waals surface area contributed by atoms with Gasteiger partial charge in [-0.2, -0.15) is 0 Å². The minimum absolute atomic E-state index is 0.210. The van der Waals surface area contributed by atoms with Crippen molar-refractivity contribution in [1.82, 2.24) is 9.55 Å². The van der Waals surface area contributed by atoms with Gasteiger partial charge in [0.15, 0.2) is 0 Å². The third-order valence-corrected chi connectivity index (χ3v) is 6.63. The molecule has 0 aliphatic rings. The number of benzene rings is 4. The first kappa shape index (κ1) is 21.0. The molecule has 0 amide bonds. The van der Waals surface area contributed by atoms with Gasteiger partial charge in [0.2, 0.25) is 0 Å². The van der Waals surface area contributed by atoms with E-state index in [4.69, 9.17) is 9.47 Å². The molecule has 6 nitrogen and oxygen atoms in total. The molecule has 0 unspecified atom stereocenters. The lowest BCUT2D eigenvalue weighted by Crippen LogP contribution is -2.13. The van der Waals surface area contributed by atoms with Gasteiger partial charge in [-0.1, -0.05) is 66.7 Å². The summed E-state index contributed by atoms with van der Waals surface area (Å²) in [5.41, 5.74) is 4.99. The predicted molar refractivity (Wildman–Crippen MR) is 137 cm³/mol. The first-order valence-electron chi connectivity index (χ1n) is 11.3. The van der Waals surface area contributed by atoms with Gasteiger partial charge in [0.1, 0.15) is 0 Å². The summed E-state index contributed by atoms with van der Waals surface area (Å²) in [4.78, 5) is 30.1. The summed E-state index contributed by atoms with van der Waals surface area (Å²) in [6.07, 6.45) is 0. The molecule has 0 bridgehead atoms. The number of ether oxygens (including phenoxy) is 2. The molecule has 0 spiro atoms. The largest absolute Gasteiger partial charge is 0.465 e. The molecule has 0 aliphatic heterocycles. The molecule has 0 aliphatic carbocycles. The summed E-state index contributed by atoms with van der Waals surface area (Å²) in [5, 5.41) is 3.02. The Hall–Kier alpha value is -4.58. The zero-order valence-corrected chi connectivity index (χ0v) is 19.3. The number of fused-ring (bicyclic) bond motifs is 7. The number of aromatic amines is 1. The molecule has 35 heavy (non-hydrogen) atoms. The number of carbonyl (C=O) groups is 2. The third kappa shape index (κ3) is 3.03. The molecule has 0 atom stereocenters. The van der Waals surface area contributed by atoms with Crippen LogP contribution in [0.3, 0.4) is 0 Å². The second kappa shape index (κ2) is 8.02. The van der Waals surface area contributed by atoms with E-state index in [1.54, 1.807) is 0 Å². The van der Waals surface area contributed by atoms with E-state index < -0.39 is 11.9 Å². The Kier molecular flexibility index (Phi) is 4.81. The molecule has 0 fully saturated rings. The summed E-state index contributed by atoms with van der Waals surface area (Å²) in [5.74, 6) is -1.16. The Morgan fingerprint density at radius 2 is 1.34 bits per heavy atom. The van der Waals surface area contributed by atoms with E-state index in [9.17, 15) is 9.59 Å². The minimum atomic E-state index is -0.582. The molecule has 0 radical (unpaired) electrons. The Labute approximate surface area is 200 Å². The van der Waals surface area contributed by atoms with E-state index in [-0.39, 0.29) is 11.1 Å². The Morgan fingerprint density at radius 1 is 0.743 bits per heavy atom. The first-order valence-corrected chi connectivity index (χ1v) is 11.3. The van der Waals surface area contributed by atoms with Crippen LogP contribution in [0, 0.1) is 0 Å². The highest BCUT2D eigenvalue weighted by Crippen LogP contribution is 2.42. The van der Waals surface area contributed by atoms with Crippen molar-refractivity contribution >= 4 is 55.6 Å². The lowest BCUT2D eigenvalue weighted by Gasteiger charge is -2.13. The monoisotopic (exact) mass is 462 g/mol. The van der Waals surface area contributed by atoms with E-state index in [1.807, 2.05) is 66.7 Å². The normalized spacial score (nSPS) is 11.5. The number of hydrogen-bond acceptors (Lipinski definition) is 4. The standard InChI is InChI=1S/C29H22N2O4/c1-34-28(32)24-22-18-12-6-8-14-20(18)30-26(22)27-23(25(24)29(33)35-2)19-13-7-9-15-21(19)31(27)16-17-10-4-3-5-11-17/h3-15,30H,16H2,1-2H3. The molecule has 172 valence electrons. The molecular weight excluding hydrogens is 440 g/mol. The molecule has 2 aromatic heterocycles. The maximum absolute atomic E-state index is 13.3. The molecule has 0 saturated carbocycles. The average molecular weight is 463 g/mol. The maximum atomic E-state index is 13.3. The smallest absolute Gasteiger partial charge is 0.339 e. The van der Waals surface area contributed by atoms with Crippen LogP contribution in [0.2, 0.25) is 0 Å². The molecule has 0 saturated heterocycles. The van der Waals surface area contributed by atoms with Gasteiger partial charge in [0.05, 0.1) is 36.4 Å². The molecule has 2 heterocycles. The number of hydrogen-bond donors (Lipinski definition) is 1. The van der Waals surface area contributed by atoms with E-state index in [1.165, 1.54) is 14.2 Å². The fourth-order valence-electron chi connectivity index (χ4n) is 5.19. The van der Waals surface area contributed by atoms with Crippen LogP contribution in [-0.4, -0.2) is 35.7 Å². The van der Waals surface area contributed by atoms with Crippen LogP contribution in [0.5, 0.6) is 0 Å². The number of esters is 2. The van der Waals surface area contributed by atoms with Crippen LogP contribution < -0.4 is 0 Å². The first-order chi connectivity index (χ1) is 17.1. The molecule has 6 aromatic rings. The number of carbonyl (C=O) groups excluding carboxylic acids is 2. The van der Waals surface area contributed by atoms with Crippen molar-refractivity contribution in [3.63, 3.8) is 0 Å². The number of rotatable bonds is 4. The van der Waals surface area contributed by atoms with E-state index >= 15 is 0 Å². The zero-order valence-electron chi connectivity index (χ0n) is 19.3. The van der Waals surface area contributed by atoms with Crippen LogP contribution in [0.4, 0.5) is 0 Å². The van der Waals surface area contributed by atoms with Crippen LogP contribution in [0.1, 0.15) is 26.3 Å². The molecular formula is C29H22N2O4. The molecule has 6 rings (SSSR count). The number of H-pyrrole nitrogens is 1. The second-order valence-electron chi connectivity index (χ2n) is 8.47. The number of aromatic nitrogens is 2. The topological polar surface area (TPSA) is 73.3 Å². The summed E-state index contributed by atoms with van der Waals surface area (Å²) in [7, 11) is 2.66. The number of nitrogens with one attached hydrogen (secondary N) is 1. The number of nitrogens with zero attached hydrogens (tertiary/aromatic N) is 1. The van der Waals surface area contributed by atoms with Gasteiger partial charge < -0.3 is 19.0 Å². The molecule has 1 N–H and O–H groups in total. The SMILES string of the molecule is COC(=O)c1c(C(=O)OC)c2c3ccccc3n(Cc3ccccc3)c2c2[nH]c3ccccc3c12. The highest BCUT2D eigenvalue weighted by Gasteiger charge is 2.31. The van der Waals surface area contributed by atoms with E-state index in [0.717, 1.165) is 38.4 Å². The van der Waals surface area contributed by atoms with Gasteiger partial charge in [-0.05, 0) is 17.7 Å². The predicted octanol–water partition coefficient (Wildman–Crippen LogP) is 6.05. The van der Waals surface area contributed by atoms with Crippen molar-refractivity contribution in [3.8, 4) is 0 Å². The van der Waals surface area contributed by atoms with E-state index in [0.29, 0.717) is 17.3 Å².